The molecule has 11 heteroatoms. The fourth-order valence-corrected chi connectivity index (χ4v) is 1.07. The first kappa shape index (κ1) is 15.2. The van der Waals surface area contributed by atoms with Gasteiger partial charge in [0.05, 0.1) is 0 Å². The summed E-state index contributed by atoms with van der Waals surface area (Å²) in [5, 5.41) is 8.86. The highest BCUT2D eigenvalue weighted by Crippen LogP contribution is 2.40. The minimum atomic E-state index is -5.42. The molecule has 3 nitrogen and oxygen atoms in total. The molecule has 19 heavy (non-hydrogen) atoms. The molecular weight excluding hydrogens is 294 g/mol. The van der Waals surface area contributed by atoms with Gasteiger partial charge in [0, 0.05) is 6.07 Å². The van der Waals surface area contributed by atoms with Gasteiger partial charge in [-0.25, -0.2) is 13.8 Å². The van der Waals surface area contributed by atoms with Crippen LogP contribution in [0.3, 0.4) is 0 Å². The number of alkyl halides is 8. The number of ether oxygens (including phenoxy) is 1. The van der Waals surface area contributed by atoms with Crippen molar-refractivity contribution in [2.45, 2.75) is 19.0 Å². The zero-order chi connectivity index (χ0) is 15.0. The number of pyridine rings is 1. The van der Waals surface area contributed by atoms with E-state index in [9.17, 15) is 35.1 Å². The summed E-state index contributed by atoms with van der Waals surface area (Å²) in [6.07, 6.45) is -14.5. The van der Waals surface area contributed by atoms with E-state index >= 15 is 0 Å². The zero-order valence-corrected chi connectivity index (χ0v) is 8.48. The van der Waals surface area contributed by atoms with Crippen molar-refractivity contribution in [3.63, 3.8) is 0 Å². The predicted molar refractivity (Wildman–Crippen MR) is 42.5 cm³/mol. The quantitative estimate of drug-likeness (QED) is 0.847. The maximum atomic E-state index is 12.3. The Kier molecular flexibility index (Phi) is 3.77. The van der Waals surface area contributed by atoms with Gasteiger partial charge >= 0.3 is 12.5 Å². The molecule has 1 heterocycles. The normalized spacial score (nSPS) is 12.9. The molecule has 0 saturated carbocycles. The molecule has 0 aliphatic rings. The molecule has 108 valence electrons. The van der Waals surface area contributed by atoms with Crippen molar-refractivity contribution >= 4 is 0 Å². The lowest BCUT2D eigenvalue weighted by Crippen LogP contribution is -2.20. The topological polar surface area (TPSA) is 42.4 Å². The van der Waals surface area contributed by atoms with Gasteiger partial charge in [-0.05, 0) is 0 Å². The molecular formula is C8H3F8NO2. The van der Waals surface area contributed by atoms with E-state index in [1.54, 1.807) is 0 Å². The molecule has 0 amide bonds. The van der Waals surface area contributed by atoms with Crippen LogP contribution in [0, 0.1) is 0 Å². The van der Waals surface area contributed by atoms with Crippen LogP contribution < -0.4 is 4.74 Å². The Hall–Kier alpha value is -1.81. The molecule has 1 rings (SSSR count). The van der Waals surface area contributed by atoms with Gasteiger partial charge in [-0.2, -0.15) is 13.2 Å². The maximum Gasteiger partial charge on any atom is 0.573 e. The van der Waals surface area contributed by atoms with Gasteiger partial charge in [0.15, 0.2) is 11.4 Å². The van der Waals surface area contributed by atoms with Gasteiger partial charge in [0.2, 0.25) is 0 Å². The summed E-state index contributed by atoms with van der Waals surface area (Å²) in [7, 11) is 0. The lowest BCUT2D eigenvalue weighted by Gasteiger charge is -2.15. The Bertz CT molecular complexity index is 467. The molecule has 0 fully saturated rings. The van der Waals surface area contributed by atoms with Crippen molar-refractivity contribution in [1.82, 2.24) is 4.98 Å². The second-order valence-electron chi connectivity index (χ2n) is 3.09. The average molecular weight is 297 g/mol. The lowest BCUT2D eigenvalue weighted by molar-refractivity contribution is -0.275. The van der Waals surface area contributed by atoms with Crippen molar-refractivity contribution in [2.75, 3.05) is 0 Å². The molecule has 0 saturated heterocycles. The largest absolute Gasteiger partial charge is 0.573 e. The van der Waals surface area contributed by atoms with E-state index in [-0.39, 0.29) is 6.07 Å². The van der Waals surface area contributed by atoms with Gasteiger partial charge in [-0.15, -0.1) is 13.2 Å². The summed E-state index contributed by atoms with van der Waals surface area (Å²) >= 11 is 0. The van der Waals surface area contributed by atoms with Gasteiger partial charge in [-0.3, -0.25) is 0 Å². The monoisotopic (exact) mass is 297 g/mol. The Balaban J connectivity index is 3.38. The molecule has 0 aliphatic heterocycles. The third kappa shape index (κ3) is 3.83. The fourth-order valence-electron chi connectivity index (χ4n) is 1.07. The molecule has 0 unspecified atom stereocenters. The average Bonchev–Trinajstić information content (AvgIpc) is 2.11. The number of aromatic nitrogens is 1. The van der Waals surface area contributed by atoms with Crippen molar-refractivity contribution in [3.05, 3.63) is 17.5 Å². The Morgan fingerprint density at radius 3 is 2.00 bits per heavy atom. The molecule has 1 aromatic heterocycles. The van der Waals surface area contributed by atoms with E-state index in [1.807, 2.05) is 0 Å². The number of aromatic hydroxyl groups is 1. The number of hydrogen-bond donors (Lipinski definition) is 1. The SMILES string of the molecule is Oc1cc(OC(F)(F)F)c(C(F)F)nc1C(F)(F)F. The second kappa shape index (κ2) is 4.70. The summed E-state index contributed by atoms with van der Waals surface area (Å²) in [6.45, 7) is 0. The lowest BCUT2D eigenvalue weighted by atomic mass is 10.2. The number of halogens is 8. The van der Waals surface area contributed by atoms with Crippen LogP contribution in [-0.2, 0) is 6.18 Å². The minimum absolute atomic E-state index is 0.217. The fraction of sp³-hybridized carbons (Fsp3) is 0.375. The predicted octanol–water partition coefficient (Wildman–Crippen LogP) is 3.64. The third-order valence-corrected chi connectivity index (χ3v) is 1.70. The highest BCUT2D eigenvalue weighted by molar-refractivity contribution is 5.41. The van der Waals surface area contributed by atoms with Crippen LogP contribution in [0.25, 0.3) is 0 Å². The molecule has 0 aromatic carbocycles. The van der Waals surface area contributed by atoms with E-state index in [4.69, 9.17) is 5.11 Å². The highest BCUT2D eigenvalue weighted by atomic mass is 19.4. The first-order valence-electron chi connectivity index (χ1n) is 4.27. The van der Waals surface area contributed by atoms with Crippen molar-refractivity contribution in [2.24, 2.45) is 0 Å². The van der Waals surface area contributed by atoms with E-state index in [0.717, 1.165) is 0 Å². The van der Waals surface area contributed by atoms with Gasteiger partial charge in [-0.1, -0.05) is 0 Å². The summed E-state index contributed by atoms with van der Waals surface area (Å²) in [5.41, 5.74) is -4.00. The van der Waals surface area contributed by atoms with Crippen molar-refractivity contribution in [3.8, 4) is 11.5 Å². The first-order valence-corrected chi connectivity index (χ1v) is 4.27. The van der Waals surface area contributed by atoms with E-state index in [1.165, 1.54) is 0 Å². The Morgan fingerprint density at radius 2 is 1.63 bits per heavy atom. The number of rotatable bonds is 2. The summed E-state index contributed by atoms with van der Waals surface area (Å²) in [6, 6.07) is -0.217. The minimum Gasteiger partial charge on any atom is -0.506 e. The summed E-state index contributed by atoms with van der Waals surface area (Å²) < 4.78 is 100. The van der Waals surface area contributed by atoms with Crippen molar-refractivity contribution < 1.29 is 45.0 Å². The second-order valence-corrected chi connectivity index (χ2v) is 3.09. The van der Waals surface area contributed by atoms with Crippen LogP contribution in [0.4, 0.5) is 35.1 Å². The molecule has 0 atom stereocenters. The molecule has 0 spiro atoms. The number of hydrogen-bond acceptors (Lipinski definition) is 3. The maximum absolute atomic E-state index is 12.3. The van der Waals surface area contributed by atoms with E-state index < -0.39 is 41.9 Å². The smallest absolute Gasteiger partial charge is 0.506 e. The molecule has 1 N–H and O–H groups in total. The molecule has 1 aromatic rings. The van der Waals surface area contributed by atoms with Crippen LogP contribution in [0.2, 0.25) is 0 Å². The van der Waals surface area contributed by atoms with Crippen molar-refractivity contribution in [1.29, 1.82) is 0 Å². The first-order chi connectivity index (χ1) is 8.42. The third-order valence-electron chi connectivity index (χ3n) is 1.70. The van der Waals surface area contributed by atoms with Crippen LogP contribution in [0.15, 0.2) is 6.07 Å². The Labute approximate surface area is 99.0 Å². The molecule has 0 aliphatic carbocycles. The van der Waals surface area contributed by atoms with Gasteiger partial charge < -0.3 is 9.84 Å². The van der Waals surface area contributed by atoms with Gasteiger partial charge in [0.1, 0.15) is 11.4 Å². The summed E-state index contributed by atoms with van der Waals surface area (Å²) in [5.74, 6) is -3.45. The molecule has 0 bridgehead atoms. The van der Waals surface area contributed by atoms with Crippen LogP contribution in [0.5, 0.6) is 11.5 Å². The van der Waals surface area contributed by atoms with E-state index in [2.05, 4.69) is 9.72 Å². The van der Waals surface area contributed by atoms with E-state index in [0.29, 0.717) is 0 Å². The molecule has 0 radical (unpaired) electrons. The van der Waals surface area contributed by atoms with Crippen LogP contribution in [0.1, 0.15) is 17.8 Å². The highest BCUT2D eigenvalue weighted by Gasteiger charge is 2.40. The zero-order valence-electron chi connectivity index (χ0n) is 8.48. The standard InChI is InChI=1S/C8H3F8NO2/c9-6(10)4-3(19-8(14,15)16)1-2(18)5(17-4)7(11,12)13/h1,6,18H. The van der Waals surface area contributed by atoms with Gasteiger partial charge in [0.25, 0.3) is 6.43 Å². The number of nitrogens with zero attached hydrogens (tertiary/aromatic N) is 1. The van der Waals surface area contributed by atoms with Crippen LogP contribution >= 0.6 is 0 Å². The van der Waals surface area contributed by atoms with Crippen LogP contribution in [-0.4, -0.2) is 16.5 Å². The summed E-state index contributed by atoms with van der Waals surface area (Å²) in [4.78, 5) is 2.28. The Morgan fingerprint density at radius 1 is 1.11 bits per heavy atom.